The Balaban J connectivity index is 1.59. The molecular weight excluding hydrogens is 472 g/mol. The average Bonchev–Trinajstić information content (AvgIpc) is 3.48. The van der Waals surface area contributed by atoms with Gasteiger partial charge in [-0.2, -0.15) is 15.0 Å². The monoisotopic (exact) mass is 502 g/mol. The molecule has 2 fully saturated rings. The molecule has 1 unspecified atom stereocenters. The summed E-state index contributed by atoms with van der Waals surface area (Å²) >= 11 is 0. The number of rotatable bonds is 6. The Labute approximate surface area is 204 Å². The Bertz CT molecular complexity index is 1340. The van der Waals surface area contributed by atoms with Crippen LogP contribution in [0.25, 0.3) is 17.0 Å². The molecule has 0 saturated carbocycles. The largest absolute Gasteiger partial charge is 0.494 e. The third-order valence-electron chi connectivity index (χ3n) is 6.59. The molecule has 0 amide bonds. The van der Waals surface area contributed by atoms with Crippen LogP contribution in [0.1, 0.15) is 12.2 Å². The number of morpholine rings is 1. The Hall–Kier alpha value is -3.03. The number of methoxy groups -OCH3 is 1. The van der Waals surface area contributed by atoms with Gasteiger partial charge in [0.25, 0.3) is 0 Å². The van der Waals surface area contributed by atoms with E-state index in [4.69, 9.17) is 29.4 Å². The van der Waals surface area contributed by atoms with Crippen molar-refractivity contribution in [2.45, 2.75) is 19.4 Å². The van der Waals surface area contributed by atoms with Crippen LogP contribution in [0.3, 0.4) is 0 Å². The van der Waals surface area contributed by atoms with Gasteiger partial charge >= 0.3 is 0 Å². The first-order chi connectivity index (χ1) is 16.8. The fraction of sp³-hybridized carbons (Fsp3) is 0.545. The number of aryl methyl sites for hydroxylation is 1. The summed E-state index contributed by atoms with van der Waals surface area (Å²) < 4.78 is 38.5. The van der Waals surface area contributed by atoms with Crippen molar-refractivity contribution in [2.75, 3.05) is 69.6 Å². The summed E-state index contributed by atoms with van der Waals surface area (Å²) in [5.74, 6) is 2.90. The second-order valence-electron chi connectivity index (χ2n) is 8.83. The number of ether oxygens (including phenoxy) is 2. The minimum Gasteiger partial charge on any atom is -0.494 e. The lowest BCUT2D eigenvalue weighted by Crippen LogP contribution is -2.39. The molecule has 2 aliphatic rings. The van der Waals surface area contributed by atoms with Crippen LogP contribution in [-0.2, 0) is 14.8 Å². The van der Waals surface area contributed by atoms with Crippen LogP contribution in [0.15, 0.2) is 18.2 Å². The van der Waals surface area contributed by atoms with Gasteiger partial charge < -0.3 is 19.3 Å². The average molecular weight is 503 g/mol. The number of hydrogen-bond donors (Lipinski definition) is 0. The number of anilines is 2. The van der Waals surface area contributed by atoms with Crippen LogP contribution in [0.5, 0.6) is 5.75 Å². The van der Waals surface area contributed by atoms with Crippen molar-refractivity contribution < 1.29 is 17.9 Å². The van der Waals surface area contributed by atoms with Crippen LogP contribution in [-0.4, -0.2) is 103 Å². The van der Waals surface area contributed by atoms with Crippen molar-refractivity contribution in [2.24, 2.45) is 0 Å². The van der Waals surface area contributed by atoms with Gasteiger partial charge in [-0.25, -0.2) is 17.7 Å². The van der Waals surface area contributed by atoms with Gasteiger partial charge in [0.1, 0.15) is 17.1 Å². The summed E-state index contributed by atoms with van der Waals surface area (Å²) in [7, 11) is 0.276. The summed E-state index contributed by atoms with van der Waals surface area (Å²) in [6, 6.07) is 5.70. The number of aromatic nitrogens is 5. The first kappa shape index (κ1) is 23.7. The van der Waals surface area contributed by atoms with Crippen molar-refractivity contribution in [3.05, 3.63) is 24.0 Å². The highest BCUT2D eigenvalue weighted by atomic mass is 32.2. The van der Waals surface area contributed by atoms with Gasteiger partial charge in [0.2, 0.25) is 27.9 Å². The van der Waals surface area contributed by atoms with Crippen LogP contribution in [0, 0.1) is 6.92 Å². The number of para-hydroxylation sites is 1. The molecule has 3 aromatic rings. The molecule has 12 nitrogen and oxygen atoms in total. The summed E-state index contributed by atoms with van der Waals surface area (Å²) in [6.45, 7) is 5.33. The van der Waals surface area contributed by atoms with Gasteiger partial charge in [-0.3, -0.25) is 4.57 Å². The Morgan fingerprint density at radius 2 is 1.83 bits per heavy atom. The number of nitrogens with zero attached hydrogens (tertiary/aromatic N) is 8. The van der Waals surface area contributed by atoms with E-state index < -0.39 is 10.0 Å². The molecule has 0 radical (unpaired) electrons. The molecule has 188 valence electrons. The predicted molar refractivity (Wildman–Crippen MR) is 132 cm³/mol. The quantitative estimate of drug-likeness (QED) is 0.480. The zero-order valence-electron chi connectivity index (χ0n) is 20.4. The van der Waals surface area contributed by atoms with E-state index in [1.54, 1.807) is 7.11 Å². The third-order valence-corrected chi connectivity index (χ3v) is 7.86. The second kappa shape index (κ2) is 9.21. The van der Waals surface area contributed by atoms with E-state index >= 15 is 0 Å². The molecule has 0 N–H and O–H groups in total. The van der Waals surface area contributed by atoms with Gasteiger partial charge in [0.05, 0.1) is 32.1 Å². The van der Waals surface area contributed by atoms with Gasteiger partial charge in [-0.15, -0.1) is 0 Å². The van der Waals surface area contributed by atoms with E-state index in [0.717, 1.165) is 16.9 Å². The number of sulfonamides is 1. The molecule has 0 spiro atoms. The minimum absolute atomic E-state index is 0.0433. The van der Waals surface area contributed by atoms with Crippen LogP contribution >= 0.6 is 0 Å². The van der Waals surface area contributed by atoms with Crippen molar-refractivity contribution in [3.63, 3.8) is 0 Å². The molecule has 0 bridgehead atoms. The molecule has 2 aliphatic heterocycles. The molecule has 5 rings (SSSR count). The van der Waals surface area contributed by atoms with E-state index in [1.807, 2.05) is 41.6 Å². The highest BCUT2D eigenvalue weighted by Gasteiger charge is 2.33. The van der Waals surface area contributed by atoms with Gasteiger partial charge in [-0.1, -0.05) is 6.07 Å². The number of fused-ring (bicyclic) bond motifs is 1. The normalized spacial score (nSPS) is 19.4. The maximum Gasteiger partial charge on any atom is 0.242 e. The molecule has 13 heteroatoms. The highest BCUT2D eigenvalue weighted by Crippen LogP contribution is 2.29. The topological polar surface area (TPSA) is 119 Å². The number of benzene rings is 1. The van der Waals surface area contributed by atoms with Crippen molar-refractivity contribution in [3.8, 4) is 11.7 Å². The summed E-state index contributed by atoms with van der Waals surface area (Å²) in [6.07, 6.45) is 1.94. The van der Waals surface area contributed by atoms with Crippen LogP contribution < -0.4 is 14.5 Å². The Morgan fingerprint density at radius 3 is 2.51 bits per heavy atom. The first-order valence-electron chi connectivity index (χ1n) is 11.6. The lowest BCUT2D eigenvalue weighted by Gasteiger charge is -2.29. The Kier molecular flexibility index (Phi) is 6.23. The number of likely N-dealkylation sites (N-methyl/N-ethyl adjacent to an activating group) is 1. The maximum absolute atomic E-state index is 12.0. The third kappa shape index (κ3) is 4.50. The van der Waals surface area contributed by atoms with Crippen molar-refractivity contribution in [1.82, 2.24) is 28.8 Å². The molecule has 4 heterocycles. The molecule has 0 aliphatic carbocycles. The molecule has 1 aromatic carbocycles. The first-order valence-corrected chi connectivity index (χ1v) is 13.4. The lowest BCUT2D eigenvalue weighted by molar-refractivity contribution is 0.122. The Morgan fingerprint density at radius 1 is 1.09 bits per heavy atom. The highest BCUT2D eigenvalue weighted by molar-refractivity contribution is 7.88. The summed E-state index contributed by atoms with van der Waals surface area (Å²) in [4.78, 5) is 23.2. The molecular formula is C22H30N8O4S. The molecule has 1 atom stereocenters. The molecule has 2 aromatic heterocycles. The SMILES string of the molecule is COc1cccc2c1nc(C)n2-c1nc(N2CCOCC2)nc(N(C)C2CCN(S(C)(=O)=O)C2)n1. The zero-order chi connectivity index (χ0) is 24.7. The summed E-state index contributed by atoms with van der Waals surface area (Å²) in [5.41, 5.74) is 1.56. The van der Waals surface area contributed by atoms with E-state index in [9.17, 15) is 8.42 Å². The van der Waals surface area contributed by atoms with E-state index in [0.29, 0.717) is 69.4 Å². The van der Waals surface area contributed by atoms with E-state index in [-0.39, 0.29) is 6.04 Å². The standard InChI is InChI=1S/C22H30N8O4S/c1-15-23-19-17(6-5-7-18(19)33-3)30(15)22-25-20(24-21(26-22)28-10-12-34-13-11-28)27(2)16-8-9-29(14-16)35(4,31)32/h5-7,16H,8-14H2,1-4H3. The second-order valence-corrected chi connectivity index (χ2v) is 10.8. The fourth-order valence-electron chi connectivity index (χ4n) is 4.60. The van der Waals surface area contributed by atoms with Crippen LogP contribution in [0.4, 0.5) is 11.9 Å². The molecule has 2 saturated heterocycles. The number of hydrogen-bond acceptors (Lipinski definition) is 10. The van der Waals surface area contributed by atoms with Crippen molar-refractivity contribution >= 4 is 33.0 Å². The van der Waals surface area contributed by atoms with Crippen LogP contribution in [0.2, 0.25) is 0 Å². The summed E-state index contributed by atoms with van der Waals surface area (Å²) in [5, 5.41) is 0. The fourth-order valence-corrected chi connectivity index (χ4v) is 5.48. The maximum atomic E-state index is 12.0. The van der Waals surface area contributed by atoms with Crippen molar-refractivity contribution in [1.29, 1.82) is 0 Å². The zero-order valence-corrected chi connectivity index (χ0v) is 21.2. The predicted octanol–water partition coefficient (Wildman–Crippen LogP) is 0.834. The lowest BCUT2D eigenvalue weighted by atomic mass is 10.2. The van der Waals surface area contributed by atoms with E-state index in [1.165, 1.54) is 10.6 Å². The smallest absolute Gasteiger partial charge is 0.242 e. The number of imidazole rings is 1. The minimum atomic E-state index is -3.25. The van der Waals surface area contributed by atoms with Gasteiger partial charge in [-0.05, 0) is 25.5 Å². The van der Waals surface area contributed by atoms with Gasteiger partial charge in [0.15, 0.2) is 0 Å². The van der Waals surface area contributed by atoms with E-state index in [2.05, 4.69) is 4.90 Å². The van der Waals surface area contributed by atoms with Gasteiger partial charge in [0, 0.05) is 39.3 Å². The molecule has 35 heavy (non-hydrogen) atoms.